The molecule has 0 atom stereocenters. The van der Waals surface area contributed by atoms with E-state index in [9.17, 15) is 13.2 Å². The second kappa shape index (κ2) is 11.4. The number of amides is 1. The summed E-state index contributed by atoms with van der Waals surface area (Å²) >= 11 is 0. The molecule has 0 unspecified atom stereocenters. The number of ether oxygens (including phenoxy) is 2. The van der Waals surface area contributed by atoms with E-state index in [-0.39, 0.29) is 17.3 Å². The van der Waals surface area contributed by atoms with Gasteiger partial charge in [-0.15, -0.1) is 0 Å². The molecule has 0 saturated heterocycles. The zero-order chi connectivity index (χ0) is 23.7. The highest BCUT2D eigenvalue weighted by Crippen LogP contribution is 2.25. The average molecular weight is 469 g/mol. The molecule has 0 aliphatic rings. The third-order valence-electron chi connectivity index (χ3n) is 5.12. The topological polar surface area (TPSA) is 84.9 Å². The molecule has 0 radical (unpaired) electrons. The lowest BCUT2D eigenvalue weighted by atomic mass is 10.1. The molecule has 0 aromatic heterocycles. The molecule has 1 amide bonds. The highest BCUT2D eigenvalue weighted by molar-refractivity contribution is 7.92. The molecule has 3 aromatic carbocycles. The molecule has 33 heavy (non-hydrogen) atoms. The fraction of sp³-hybridized carbons (Fsp3) is 0.240. The summed E-state index contributed by atoms with van der Waals surface area (Å²) in [6.07, 6.45) is 1.43. The molecular weight excluding hydrogens is 440 g/mol. The quantitative estimate of drug-likeness (QED) is 0.434. The van der Waals surface area contributed by atoms with Crippen LogP contribution in [-0.2, 0) is 21.2 Å². The molecule has 0 fully saturated rings. The molecule has 0 heterocycles. The highest BCUT2D eigenvalue weighted by Gasteiger charge is 2.27. The van der Waals surface area contributed by atoms with Crippen LogP contribution in [0.15, 0.2) is 83.8 Å². The van der Waals surface area contributed by atoms with Gasteiger partial charge in [-0.3, -0.25) is 9.10 Å². The van der Waals surface area contributed by atoms with Crippen LogP contribution in [0.3, 0.4) is 0 Å². The second-order valence-electron chi connectivity index (χ2n) is 7.29. The maximum absolute atomic E-state index is 13.3. The van der Waals surface area contributed by atoms with Crippen LogP contribution in [0.4, 0.5) is 5.69 Å². The number of para-hydroxylation sites is 2. The minimum Gasteiger partial charge on any atom is -0.497 e. The lowest BCUT2D eigenvalue weighted by molar-refractivity contribution is -0.119. The number of benzene rings is 3. The van der Waals surface area contributed by atoms with E-state index in [1.165, 1.54) is 19.2 Å². The van der Waals surface area contributed by atoms with Gasteiger partial charge in [0.1, 0.15) is 18.0 Å². The molecule has 1 N–H and O–H groups in total. The Morgan fingerprint density at radius 2 is 1.55 bits per heavy atom. The summed E-state index contributed by atoms with van der Waals surface area (Å²) in [6.45, 7) is 0.0924. The number of hydrogen-bond donors (Lipinski definition) is 1. The third kappa shape index (κ3) is 6.26. The Morgan fingerprint density at radius 3 is 2.21 bits per heavy atom. The van der Waals surface area contributed by atoms with Crippen molar-refractivity contribution in [2.24, 2.45) is 0 Å². The van der Waals surface area contributed by atoms with E-state index in [2.05, 4.69) is 5.32 Å². The van der Waals surface area contributed by atoms with Crippen molar-refractivity contribution in [2.75, 3.05) is 31.6 Å². The van der Waals surface area contributed by atoms with Crippen molar-refractivity contribution in [2.45, 2.75) is 17.7 Å². The SMILES string of the molecule is COc1ccc(S(=O)(=O)N(CC(=O)NCCCc2ccccc2OC)c2ccccc2)cc1. The maximum Gasteiger partial charge on any atom is 0.264 e. The van der Waals surface area contributed by atoms with Crippen LogP contribution in [0.2, 0.25) is 0 Å². The number of sulfonamides is 1. The van der Waals surface area contributed by atoms with Crippen LogP contribution in [0, 0.1) is 0 Å². The van der Waals surface area contributed by atoms with Crippen molar-refractivity contribution >= 4 is 21.6 Å². The van der Waals surface area contributed by atoms with Crippen LogP contribution >= 0.6 is 0 Å². The van der Waals surface area contributed by atoms with E-state index in [1.54, 1.807) is 49.6 Å². The van der Waals surface area contributed by atoms with Gasteiger partial charge in [0.25, 0.3) is 10.0 Å². The van der Waals surface area contributed by atoms with Crippen LogP contribution in [-0.4, -0.2) is 41.6 Å². The summed E-state index contributed by atoms with van der Waals surface area (Å²) in [6, 6.07) is 22.4. The number of methoxy groups -OCH3 is 2. The Balaban J connectivity index is 1.68. The van der Waals surface area contributed by atoms with E-state index >= 15 is 0 Å². The smallest absolute Gasteiger partial charge is 0.264 e. The number of hydrogen-bond acceptors (Lipinski definition) is 5. The monoisotopic (exact) mass is 468 g/mol. The van der Waals surface area contributed by atoms with Gasteiger partial charge in [-0.2, -0.15) is 0 Å². The lowest BCUT2D eigenvalue weighted by Gasteiger charge is -2.24. The van der Waals surface area contributed by atoms with E-state index in [0.29, 0.717) is 24.4 Å². The van der Waals surface area contributed by atoms with Gasteiger partial charge in [-0.25, -0.2) is 8.42 Å². The van der Waals surface area contributed by atoms with E-state index < -0.39 is 10.0 Å². The first-order valence-electron chi connectivity index (χ1n) is 10.6. The average Bonchev–Trinajstić information content (AvgIpc) is 2.85. The Labute approximate surface area is 195 Å². The number of nitrogens with zero attached hydrogens (tertiary/aromatic N) is 1. The maximum atomic E-state index is 13.3. The largest absolute Gasteiger partial charge is 0.497 e. The predicted octanol–water partition coefficient (Wildman–Crippen LogP) is 3.65. The molecule has 0 bridgehead atoms. The first-order chi connectivity index (χ1) is 16.0. The minimum absolute atomic E-state index is 0.0797. The van der Waals surface area contributed by atoms with Crippen molar-refractivity contribution in [3.8, 4) is 11.5 Å². The molecule has 7 nitrogen and oxygen atoms in total. The molecule has 0 saturated carbocycles. The van der Waals surface area contributed by atoms with Crippen molar-refractivity contribution < 1.29 is 22.7 Å². The van der Waals surface area contributed by atoms with Gasteiger partial charge >= 0.3 is 0 Å². The van der Waals surface area contributed by atoms with Crippen LogP contribution in [0.5, 0.6) is 11.5 Å². The van der Waals surface area contributed by atoms with E-state index in [4.69, 9.17) is 9.47 Å². The van der Waals surface area contributed by atoms with Gasteiger partial charge in [-0.1, -0.05) is 36.4 Å². The molecule has 8 heteroatoms. The molecule has 0 aliphatic heterocycles. The molecule has 174 valence electrons. The normalized spacial score (nSPS) is 11.0. The number of rotatable bonds is 11. The number of nitrogens with one attached hydrogen (secondary N) is 1. The van der Waals surface area contributed by atoms with Crippen LogP contribution in [0.1, 0.15) is 12.0 Å². The van der Waals surface area contributed by atoms with Gasteiger partial charge in [0.05, 0.1) is 24.8 Å². The Morgan fingerprint density at radius 1 is 0.879 bits per heavy atom. The van der Waals surface area contributed by atoms with Gasteiger partial charge in [-0.05, 0) is 60.9 Å². The standard InChI is InChI=1S/C25H28N2O5S/c1-31-22-14-16-23(17-15-22)33(29,30)27(21-11-4-3-5-12-21)19-25(28)26-18-8-10-20-9-6-7-13-24(20)32-2/h3-7,9,11-17H,8,10,18-19H2,1-2H3,(H,26,28). The summed E-state index contributed by atoms with van der Waals surface area (Å²) in [7, 11) is -0.817. The number of carbonyl (C=O) groups is 1. The fourth-order valence-corrected chi connectivity index (χ4v) is 4.81. The highest BCUT2D eigenvalue weighted by atomic mass is 32.2. The van der Waals surface area contributed by atoms with Crippen LogP contribution in [0.25, 0.3) is 0 Å². The summed E-state index contributed by atoms with van der Waals surface area (Å²) in [4.78, 5) is 12.8. The number of carbonyl (C=O) groups excluding carboxylic acids is 1. The summed E-state index contributed by atoms with van der Waals surface area (Å²) in [5, 5.41) is 2.83. The van der Waals surface area contributed by atoms with Gasteiger partial charge in [0.2, 0.25) is 5.91 Å². The molecule has 0 aliphatic carbocycles. The zero-order valence-electron chi connectivity index (χ0n) is 18.7. The van der Waals surface area contributed by atoms with Crippen LogP contribution < -0.4 is 19.1 Å². The third-order valence-corrected chi connectivity index (χ3v) is 6.90. The minimum atomic E-state index is -3.96. The molecule has 3 aromatic rings. The van der Waals surface area contributed by atoms with Crippen molar-refractivity contribution in [3.05, 3.63) is 84.4 Å². The summed E-state index contributed by atoms with van der Waals surface area (Å²) in [5.41, 5.74) is 1.47. The summed E-state index contributed by atoms with van der Waals surface area (Å²) < 4.78 is 38.3. The van der Waals surface area contributed by atoms with E-state index in [1.807, 2.05) is 24.3 Å². The second-order valence-corrected chi connectivity index (χ2v) is 9.15. The van der Waals surface area contributed by atoms with Gasteiger partial charge in [0, 0.05) is 6.54 Å². The zero-order valence-corrected chi connectivity index (χ0v) is 19.5. The fourth-order valence-electron chi connectivity index (χ4n) is 3.39. The van der Waals surface area contributed by atoms with Gasteiger partial charge < -0.3 is 14.8 Å². The Hall–Kier alpha value is -3.52. The van der Waals surface area contributed by atoms with Gasteiger partial charge in [0.15, 0.2) is 0 Å². The van der Waals surface area contributed by atoms with E-state index in [0.717, 1.165) is 22.0 Å². The number of aryl methyl sites for hydroxylation is 1. The predicted molar refractivity (Wildman–Crippen MR) is 128 cm³/mol. The molecular formula is C25H28N2O5S. The first-order valence-corrected chi connectivity index (χ1v) is 12.0. The molecule has 0 spiro atoms. The first kappa shape index (κ1) is 24.1. The van der Waals surface area contributed by atoms with Crippen molar-refractivity contribution in [1.29, 1.82) is 0 Å². The molecule has 3 rings (SSSR count). The number of anilines is 1. The lowest BCUT2D eigenvalue weighted by Crippen LogP contribution is -2.41. The van der Waals surface area contributed by atoms with Crippen molar-refractivity contribution in [1.82, 2.24) is 5.32 Å². The Kier molecular flexibility index (Phi) is 8.32. The Bertz CT molecular complexity index is 1150. The summed E-state index contributed by atoms with van der Waals surface area (Å²) in [5.74, 6) is 0.980. The van der Waals surface area contributed by atoms with Crippen molar-refractivity contribution in [3.63, 3.8) is 0 Å².